The predicted octanol–water partition coefficient (Wildman–Crippen LogP) is 3.47. The van der Waals surface area contributed by atoms with Crippen LogP contribution >= 0.6 is 0 Å². The topological polar surface area (TPSA) is 100 Å². The van der Waals surface area contributed by atoms with Gasteiger partial charge in [-0.3, -0.25) is 9.48 Å². The van der Waals surface area contributed by atoms with Crippen LogP contribution in [0.4, 0.5) is 4.39 Å². The number of aryl methyl sites for hydroxylation is 2. The van der Waals surface area contributed by atoms with Crippen LogP contribution < -0.4 is 4.74 Å². The van der Waals surface area contributed by atoms with Gasteiger partial charge in [-0.15, -0.1) is 5.10 Å². The smallest absolute Gasteiger partial charge is 0.316 e. The van der Waals surface area contributed by atoms with E-state index in [0.717, 1.165) is 11.1 Å². The van der Waals surface area contributed by atoms with Crippen LogP contribution in [0, 0.1) is 12.7 Å². The Morgan fingerprint density at radius 1 is 1.15 bits per heavy atom. The van der Waals surface area contributed by atoms with Gasteiger partial charge in [-0.2, -0.15) is 10.1 Å². The number of ether oxygens (including phenoxy) is 1. The van der Waals surface area contributed by atoms with E-state index < -0.39 is 5.82 Å². The lowest BCUT2D eigenvalue weighted by atomic mass is 10.0. The molecule has 0 radical (unpaired) electrons. The second kappa shape index (κ2) is 8.47. The molecule has 0 aliphatic heterocycles. The van der Waals surface area contributed by atoms with Gasteiger partial charge < -0.3 is 4.74 Å². The van der Waals surface area contributed by atoms with E-state index in [0.29, 0.717) is 28.4 Å². The van der Waals surface area contributed by atoms with Crippen LogP contribution in [0.5, 0.6) is 6.01 Å². The van der Waals surface area contributed by atoms with Gasteiger partial charge in [-0.25, -0.2) is 18.9 Å². The summed E-state index contributed by atoms with van der Waals surface area (Å²) in [6.07, 6.45) is 4.24. The number of aromatic nitrogens is 7. The molecule has 5 rings (SSSR count). The molecule has 0 saturated heterocycles. The number of rotatable bonds is 6. The van der Waals surface area contributed by atoms with E-state index in [9.17, 15) is 9.18 Å². The van der Waals surface area contributed by atoms with Crippen LogP contribution in [0.1, 0.15) is 21.6 Å². The summed E-state index contributed by atoms with van der Waals surface area (Å²) in [4.78, 5) is 26.3. The maximum absolute atomic E-state index is 14.9. The normalized spacial score (nSPS) is 11.2. The van der Waals surface area contributed by atoms with Crippen LogP contribution in [0.3, 0.4) is 0 Å². The first kappa shape index (κ1) is 21.4. The van der Waals surface area contributed by atoms with Crippen LogP contribution in [-0.4, -0.2) is 47.2 Å². The minimum Gasteiger partial charge on any atom is -0.467 e. The first-order valence-electron chi connectivity index (χ1n) is 10.5. The molecule has 0 fully saturated rings. The predicted molar refractivity (Wildman–Crippen MR) is 122 cm³/mol. The number of ketones is 1. The standard InChI is InChI=1S/C24H20FN7O2/c1-14-11-26-24(34-3)29-21(14)17-12-27-31(2)22(17)19(33)9-16-10-20-28-23(15-7-5-4-6-8-15)30-32(20)13-18(16)25/h4-8,10-13H,9H2,1-3H3. The van der Waals surface area contributed by atoms with Gasteiger partial charge in [0.25, 0.3) is 0 Å². The molecule has 170 valence electrons. The Balaban J connectivity index is 1.50. The molecule has 0 saturated carbocycles. The first-order chi connectivity index (χ1) is 16.4. The van der Waals surface area contributed by atoms with Crippen molar-refractivity contribution >= 4 is 11.4 Å². The molecule has 0 aliphatic carbocycles. The summed E-state index contributed by atoms with van der Waals surface area (Å²) in [5, 5.41) is 8.58. The summed E-state index contributed by atoms with van der Waals surface area (Å²) >= 11 is 0. The number of pyridine rings is 1. The third-order valence-electron chi connectivity index (χ3n) is 5.48. The van der Waals surface area contributed by atoms with Gasteiger partial charge in [0.15, 0.2) is 17.3 Å². The number of halogens is 1. The van der Waals surface area contributed by atoms with Crippen molar-refractivity contribution < 1.29 is 13.9 Å². The SMILES string of the molecule is COc1ncc(C)c(-c2cnn(C)c2C(=O)Cc2cc3nc(-c4ccccc4)nn3cc2F)n1. The van der Waals surface area contributed by atoms with E-state index in [4.69, 9.17) is 4.74 Å². The zero-order valence-corrected chi connectivity index (χ0v) is 18.7. The summed E-state index contributed by atoms with van der Waals surface area (Å²) < 4.78 is 22.9. The molecule has 1 aromatic carbocycles. The van der Waals surface area contributed by atoms with Gasteiger partial charge in [-0.1, -0.05) is 30.3 Å². The number of fused-ring (bicyclic) bond motifs is 1. The maximum Gasteiger partial charge on any atom is 0.316 e. The fourth-order valence-corrected chi connectivity index (χ4v) is 3.78. The summed E-state index contributed by atoms with van der Waals surface area (Å²) in [7, 11) is 3.13. The summed E-state index contributed by atoms with van der Waals surface area (Å²) in [5.41, 5.74) is 3.62. The zero-order valence-electron chi connectivity index (χ0n) is 18.7. The highest BCUT2D eigenvalue weighted by atomic mass is 19.1. The lowest BCUT2D eigenvalue weighted by Gasteiger charge is -2.09. The highest BCUT2D eigenvalue weighted by Gasteiger charge is 2.23. The monoisotopic (exact) mass is 457 g/mol. The molecule has 4 aromatic heterocycles. The van der Waals surface area contributed by atoms with E-state index in [1.54, 1.807) is 25.5 Å². The molecule has 10 heteroatoms. The molecule has 0 atom stereocenters. The Kier molecular flexibility index (Phi) is 5.33. The van der Waals surface area contributed by atoms with Gasteiger partial charge in [0.1, 0.15) is 11.5 Å². The molecule has 0 N–H and O–H groups in total. The molecule has 34 heavy (non-hydrogen) atoms. The van der Waals surface area contributed by atoms with Gasteiger partial charge in [-0.05, 0) is 18.6 Å². The number of hydrogen-bond donors (Lipinski definition) is 0. The quantitative estimate of drug-likeness (QED) is 0.360. The number of nitrogens with zero attached hydrogens (tertiary/aromatic N) is 7. The number of carbonyl (C=O) groups excluding carboxylic acids is 1. The highest BCUT2D eigenvalue weighted by Crippen LogP contribution is 2.27. The van der Waals surface area contributed by atoms with Gasteiger partial charge >= 0.3 is 6.01 Å². The van der Waals surface area contributed by atoms with Gasteiger partial charge in [0, 0.05) is 36.4 Å². The van der Waals surface area contributed by atoms with Crippen molar-refractivity contribution in [2.75, 3.05) is 7.11 Å². The third-order valence-corrected chi connectivity index (χ3v) is 5.48. The van der Waals surface area contributed by atoms with Crippen molar-refractivity contribution in [2.45, 2.75) is 13.3 Å². The van der Waals surface area contributed by atoms with Crippen molar-refractivity contribution in [3.05, 3.63) is 77.6 Å². The van der Waals surface area contributed by atoms with Crippen molar-refractivity contribution in [1.82, 2.24) is 34.3 Å². The second-order valence-electron chi connectivity index (χ2n) is 7.77. The summed E-state index contributed by atoms with van der Waals surface area (Å²) in [6.45, 7) is 1.83. The molecule has 0 unspecified atom stereocenters. The fourth-order valence-electron chi connectivity index (χ4n) is 3.78. The van der Waals surface area contributed by atoms with Gasteiger partial charge in [0.2, 0.25) is 0 Å². The number of methoxy groups -OCH3 is 1. The molecule has 0 spiro atoms. The Hall–Kier alpha value is -4.47. The molecule has 0 aliphatic rings. The van der Waals surface area contributed by atoms with Crippen LogP contribution in [0.25, 0.3) is 28.3 Å². The van der Waals surface area contributed by atoms with Crippen molar-refractivity contribution in [3.63, 3.8) is 0 Å². The minimum atomic E-state index is -0.547. The molecule has 9 nitrogen and oxygen atoms in total. The third kappa shape index (κ3) is 3.79. The number of Topliss-reactive ketones (excluding diaryl/α,β-unsaturated/α-hetero) is 1. The molecule has 0 amide bonds. The van der Waals surface area contributed by atoms with Gasteiger partial charge in [0.05, 0.1) is 25.2 Å². The first-order valence-corrected chi connectivity index (χ1v) is 10.5. The number of benzene rings is 1. The molecule has 5 aromatic rings. The second-order valence-corrected chi connectivity index (χ2v) is 7.77. The van der Waals surface area contributed by atoms with Crippen LogP contribution in [-0.2, 0) is 13.5 Å². The van der Waals surface area contributed by atoms with E-state index >= 15 is 0 Å². The Morgan fingerprint density at radius 2 is 1.94 bits per heavy atom. The largest absolute Gasteiger partial charge is 0.467 e. The zero-order chi connectivity index (χ0) is 23.8. The minimum absolute atomic E-state index is 0.177. The lowest BCUT2D eigenvalue weighted by molar-refractivity contribution is 0.0983. The highest BCUT2D eigenvalue weighted by molar-refractivity contribution is 6.01. The number of carbonyl (C=O) groups is 1. The van der Waals surface area contributed by atoms with E-state index in [2.05, 4.69) is 25.1 Å². The van der Waals surface area contributed by atoms with Crippen LogP contribution in [0.2, 0.25) is 0 Å². The Labute approximate surface area is 193 Å². The Morgan fingerprint density at radius 3 is 2.71 bits per heavy atom. The summed E-state index contributed by atoms with van der Waals surface area (Å²) in [6, 6.07) is 11.1. The van der Waals surface area contributed by atoms with Crippen molar-refractivity contribution in [3.8, 4) is 28.7 Å². The molecule has 0 bridgehead atoms. The average Bonchev–Trinajstić information content (AvgIpc) is 3.43. The molecular formula is C24H20FN7O2. The van der Waals surface area contributed by atoms with Crippen molar-refractivity contribution in [1.29, 1.82) is 0 Å². The fraction of sp³-hybridized carbons (Fsp3) is 0.167. The van der Waals surface area contributed by atoms with Crippen LogP contribution in [0.15, 0.2) is 55.0 Å². The average molecular weight is 457 g/mol. The lowest BCUT2D eigenvalue weighted by Crippen LogP contribution is -2.13. The molecular weight excluding hydrogens is 437 g/mol. The van der Waals surface area contributed by atoms with E-state index in [1.165, 1.54) is 22.5 Å². The Bertz CT molecular complexity index is 1530. The number of hydrogen-bond acceptors (Lipinski definition) is 7. The van der Waals surface area contributed by atoms with E-state index in [1.807, 2.05) is 37.3 Å². The maximum atomic E-state index is 14.9. The van der Waals surface area contributed by atoms with E-state index in [-0.39, 0.29) is 23.8 Å². The van der Waals surface area contributed by atoms with Crippen molar-refractivity contribution in [2.24, 2.45) is 7.05 Å². The summed E-state index contributed by atoms with van der Waals surface area (Å²) in [5.74, 6) is -0.377. The molecule has 4 heterocycles.